The predicted molar refractivity (Wildman–Crippen MR) is 142 cm³/mol. The second-order valence-corrected chi connectivity index (χ2v) is 9.61. The molecule has 0 bridgehead atoms. The van der Waals surface area contributed by atoms with Crippen LogP contribution >= 0.6 is 11.6 Å². The highest BCUT2D eigenvalue weighted by Gasteiger charge is 2.37. The summed E-state index contributed by atoms with van der Waals surface area (Å²) in [5.41, 5.74) is 2.97. The van der Waals surface area contributed by atoms with Gasteiger partial charge in [0.15, 0.2) is 0 Å². The average Bonchev–Trinajstić information content (AvgIpc) is 3.60. The number of hydrogen-bond acceptors (Lipinski definition) is 6. The molecule has 1 amide bonds. The summed E-state index contributed by atoms with van der Waals surface area (Å²) < 4.78 is 11.1. The number of nitrogens with one attached hydrogen (secondary N) is 1. The van der Waals surface area contributed by atoms with Gasteiger partial charge >= 0.3 is 0 Å². The van der Waals surface area contributed by atoms with Gasteiger partial charge in [-0.3, -0.25) is 14.5 Å². The summed E-state index contributed by atoms with van der Waals surface area (Å²) in [5.74, 6) is 0.468. The van der Waals surface area contributed by atoms with Crippen molar-refractivity contribution in [2.45, 2.75) is 12.5 Å². The number of nitrogens with zero attached hydrogens (tertiary/aromatic N) is 3. The first kappa shape index (κ1) is 23.7. The van der Waals surface area contributed by atoms with Crippen molar-refractivity contribution in [1.29, 1.82) is 0 Å². The molecule has 1 N–H and O–H groups in total. The first-order chi connectivity index (χ1) is 18.1. The van der Waals surface area contributed by atoms with Crippen molar-refractivity contribution < 1.29 is 13.9 Å². The van der Waals surface area contributed by atoms with Gasteiger partial charge in [-0.2, -0.15) is 5.10 Å². The Bertz CT molecular complexity index is 1530. The number of amides is 1. The van der Waals surface area contributed by atoms with Crippen LogP contribution in [0.25, 0.3) is 22.0 Å². The van der Waals surface area contributed by atoms with Crippen LogP contribution in [0, 0.1) is 0 Å². The molecule has 0 radical (unpaired) electrons. The van der Waals surface area contributed by atoms with Crippen molar-refractivity contribution >= 4 is 34.1 Å². The molecule has 6 rings (SSSR count). The molecule has 2 aromatic heterocycles. The summed E-state index contributed by atoms with van der Waals surface area (Å²) in [6.07, 6.45) is 1.93. The van der Waals surface area contributed by atoms with E-state index in [0.29, 0.717) is 60.3 Å². The highest BCUT2D eigenvalue weighted by molar-refractivity contribution is 6.31. The van der Waals surface area contributed by atoms with Gasteiger partial charge < -0.3 is 14.1 Å². The van der Waals surface area contributed by atoms with Crippen LogP contribution in [0.4, 0.5) is 0 Å². The number of halogens is 1. The van der Waals surface area contributed by atoms with Crippen LogP contribution in [0.5, 0.6) is 0 Å². The number of carbonyl (C=O) groups excluding carboxylic acids is 1. The van der Waals surface area contributed by atoms with Crippen molar-refractivity contribution in [3.8, 4) is 11.1 Å². The van der Waals surface area contributed by atoms with Crippen molar-refractivity contribution in [3.63, 3.8) is 0 Å². The fourth-order valence-corrected chi connectivity index (χ4v) is 5.23. The highest BCUT2D eigenvalue weighted by Crippen LogP contribution is 2.37. The maximum atomic E-state index is 13.6. The first-order valence-electron chi connectivity index (χ1n) is 12.2. The van der Waals surface area contributed by atoms with Crippen LogP contribution in [-0.2, 0) is 9.53 Å². The van der Waals surface area contributed by atoms with Gasteiger partial charge in [0.05, 0.1) is 37.3 Å². The van der Waals surface area contributed by atoms with E-state index in [0.717, 1.165) is 16.5 Å². The molecule has 1 fully saturated rings. The number of carbonyl (C=O) groups is 1. The van der Waals surface area contributed by atoms with Gasteiger partial charge in [0, 0.05) is 41.0 Å². The minimum atomic E-state index is -0.448. The number of hydrogen-bond donors (Lipinski definition) is 1. The molecule has 37 heavy (non-hydrogen) atoms. The maximum absolute atomic E-state index is 13.6. The molecule has 0 spiro atoms. The highest BCUT2D eigenvalue weighted by atomic mass is 35.5. The third-order valence-corrected chi connectivity index (χ3v) is 7.06. The molecule has 188 valence electrons. The quantitative estimate of drug-likeness (QED) is 0.423. The monoisotopic (exact) mass is 516 g/mol. The number of H-pyrrole nitrogens is 1. The molecule has 2 aliphatic heterocycles. The molecule has 1 unspecified atom stereocenters. The van der Waals surface area contributed by atoms with Crippen LogP contribution in [-0.4, -0.2) is 59.4 Å². The van der Waals surface area contributed by atoms with E-state index in [2.05, 4.69) is 9.88 Å². The zero-order valence-corrected chi connectivity index (χ0v) is 20.8. The Labute approximate surface area is 218 Å². The van der Waals surface area contributed by atoms with Crippen LogP contribution in [0.1, 0.15) is 23.8 Å². The Morgan fingerprint density at radius 1 is 1.05 bits per heavy atom. The summed E-state index contributed by atoms with van der Waals surface area (Å²) in [5, 5.41) is 7.61. The summed E-state index contributed by atoms with van der Waals surface area (Å²) in [6, 6.07) is 18.3. The van der Waals surface area contributed by atoms with E-state index in [4.69, 9.17) is 25.9 Å². The summed E-state index contributed by atoms with van der Waals surface area (Å²) in [6.45, 7) is 2.78. The van der Waals surface area contributed by atoms with E-state index >= 15 is 0 Å². The number of aromatic amines is 1. The topological polar surface area (TPSA) is 91.1 Å². The Morgan fingerprint density at radius 2 is 1.86 bits per heavy atom. The molecule has 4 heterocycles. The normalized spacial score (nSPS) is 18.4. The fraction of sp³-hybridized carbons (Fsp3) is 0.250. The molecule has 0 aliphatic carbocycles. The molecule has 0 saturated carbocycles. The number of ether oxygens (including phenoxy) is 1. The average molecular weight is 517 g/mol. The number of fused-ring (bicyclic) bond motifs is 1. The number of rotatable bonds is 5. The molecule has 1 saturated heterocycles. The number of hydrazone groups is 1. The van der Waals surface area contributed by atoms with Crippen molar-refractivity contribution in [3.05, 3.63) is 93.6 Å². The van der Waals surface area contributed by atoms with Crippen molar-refractivity contribution in [1.82, 2.24) is 14.9 Å². The Hall–Kier alpha value is -3.72. The summed E-state index contributed by atoms with van der Waals surface area (Å²) >= 11 is 6.38. The van der Waals surface area contributed by atoms with E-state index in [9.17, 15) is 9.59 Å². The van der Waals surface area contributed by atoms with Gasteiger partial charge in [-0.15, -0.1) is 0 Å². The van der Waals surface area contributed by atoms with E-state index < -0.39 is 6.04 Å². The molecular weight excluding hydrogens is 492 g/mol. The zero-order valence-electron chi connectivity index (χ0n) is 20.0. The van der Waals surface area contributed by atoms with Crippen molar-refractivity contribution in [2.75, 3.05) is 32.8 Å². The summed E-state index contributed by atoms with van der Waals surface area (Å²) in [4.78, 5) is 32.1. The van der Waals surface area contributed by atoms with Crippen LogP contribution < -0.4 is 5.56 Å². The number of aromatic nitrogens is 1. The summed E-state index contributed by atoms with van der Waals surface area (Å²) in [7, 11) is 0. The minimum Gasteiger partial charge on any atom is -0.467 e. The van der Waals surface area contributed by atoms with E-state index in [1.54, 1.807) is 24.5 Å². The Morgan fingerprint density at radius 3 is 2.62 bits per heavy atom. The van der Waals surface area contributed by atoms with E-state index in [1.807, 2.05) is 42.5 Å². The maximum Gasteiger partial charge on any atom is 0.258 e. The SMILES string of the molecule is O=C(CN1CCOCC1)N1N=C(c2c(-c3ccccc3)c3cc(Cl)ccc3[nH]c2=O)CC1c1ccco1. The third kappa shape index (κ3) is 4.59. The Kier molecular flexibility index (Phi) is 6.38. The van der Waals surface area contributed by atoms with Gasteiger partial charge in [-0.05, 0) is 35.9 Å². The standard InChI is InChI=1S/C28H25ClN4O4/c29-19-8-9-21-20(15-19)26(18-5-2-1-3-6-18)27(28(35)30-21)22-16-23(24-7-4-12-37-24)33(31-22)25(34)17-32-10-13-36-14-11-32/h1-9,12,15,23H,10-11,13-14,16-17H2,(H,30,35). The fourth-order valence-electron chi connectivity index (χ4n) is 5.06. The largest absolute Gasteiger partial charge is 0.467 e. The van der Waals surface area contributed by atoms with Crippen molar-refractivity contribution in [2.24, 2.45) is 5.10 Å². The number of morpholine rings is 1. The molecule has 1 atom stereocenters. The lowest BCUT2D eigenvalue weighted by molar-refractivity contribution is -0.135. The minimum absolute atomic E-state index is 0.153. The lowest BCUT2D eigenvalue weighted by Crippen LogP contribution is -2.43. The number of furan rings is 1. The third-order valence-electron chi connectivity index (χ3n) is 6.83. The van der Waals surface area contributed by atoms with Gasteiger partial charge in [0.2, 0.25) is 0 Å². The molecule has 9 heteroatoms. The van der Waals surface area contributed by atoms with Crippen LogP contribution in [0.3, 0.4) is 0 Å². The van der Waals surface area contributed by atoms with Gasteiger partial charge in [0.1, 0.15) is 11.8 Å². The smallest absolute Gasteiger partial charge is 0.258 e. The van der Waals surface area contributed by atoms with E-state index in [-0.39, 0.29) is 18.0 Å². The number of benzene rings is 2. The first-order valence-corrected chi connectivity index (χ1v) is 12.6. The molecule has 8 nitrogen and oxygen atoms in total. The Balaban J connectivity index is 1.48. The predicted octanol–water partition coefficient (Wildman–Crippen LogP) is 4.45. The lowest BCUT2D eigenvalue weighted by Gasteiger charge is -2.28. The lowest BCUT2D eigenvalue weighted by atomic mass is 9.92. The molecule has 2 aromatic carbocycles. The van der Waals surface area contributed by atoms with Crippen LogP contribution in [0.2, 0.25) is 5.02 Å². The molecule has 4 aromatic rings. The van der Waals surface area contributed by atoms with Gasteiger partial charge in [-0.1, -0.05) is 41.9 Å². The van der Waals surface area contributed by atoms with E-state index in [1.165, 1.54) is 5.01 Å². The second-order valence-electron chi connectivity index (χ2n) is 9.17. The van der Waals surface area contributed by atoms with Crippen LogP contribution in [0.15, 0.2) is 81.2 Å². The zero-order chi connectivity index (χ0) is 25.4. The van der Waals surface area contributed by atoms with Gasteiger partial charge in [0.25, 0.3) is 11.5 Å². The molecular formula is C28H25ClN4O4. The second kappa shape index (κ2) is 9.97. The number of pyridine rings is 1. The molecule has 2 aliphatic rings. The van der Waals surface area contributed by atoms with Gasteiger partial charge in [-0.25, -0.2) is 5.01 Å².